The average Bonchev–Trinajstić information content (AvgIpc) is 2.88. The largest absolute Gasteiger partial charge is 0.489 e. The van der Waals surface area contributed by atoms with Crippen LogP contribution in [-0.2, 0) is 4.74 Å². The number of hydrogen-bond donors (Lipinski definition) is 1. The quantitative estimate of drug-likeness (QED) is 0.923. The van der Waals surface area contributed by atoms with Crippen LogP contribution in [0.1, 0.15) is 37.9 Å². The highest BCUT2D eigenvalue weighted by molar-refractivity contribution is 5.44. The lowest BCUT2D eigenvalue weighted by molar-refractivity contribution is 0.0534. The lowest BCUT2D eigenvalue weighted by atomic mass is 10.0. The molecule has 2 aliphatic rings. The zero-order chi connectivity index (χ0) is 13.9. The first-order valence-corrected chi connectivity index (χ1v) is 7.41. The molecular formula is C16H22O4. The summed E-state index contributed by atoms with van der Waals surface area (Å²) in [6.45, 7) is 4.23. The van der Waals surface area contributed by atoms with Gasteiger partial charge >= 0.3 is 0 Å². The minimum Gasteiger partial charge on any atom is -0.489 e. The predicted octanol–water partition coefficient (Wildman–Crippen LogP) is 2.70. The SMILES string of the molecule is CC1COc2ccc(C(O)CC3CCCO3)cc2OC1. The first-order valence-electron chi connectivity index (χ1n) is 7.41. The highest BCUT2D eigenvalue weighted by atomic mass is 16.5. The molecule has 0 aliphatic carbocycles. The van der Waals surface area contributed by atoms with Crippen molar-refractivity contribution < 1.29 is 19.3 Å². The van der Waals surface area contributed by atoms with Crippen molar-refractivity contribution in [2.75, 3.05) is 19.8 Å². The summed E-state index contributed by atoms with van der Waals surface area (Å²) < 4.78 is 17.0. The molecule has 2 heterocycles. The van der Waals surface area contributed by atoms with Gasteiger partial charge in [-0.3, -0.25) is 0 Å². The van der Waals surface area contributed by atoms with Crippen LogP contribution in [0.2, 0.25) is 0 Å². The fraction of sp³-hybridized carbons (Fsp3) is 0.625. The predicted molar refractivity (Wildman–Crippen MR) is 75.1 cm³/mol. The monoisotopic (exact) mass is 278 g/mol. The van der Waals surface area contributed by atoms with Gasteiger partial charge < -0.3 is 19.3 Å². The first-order chi connectivity index (χ1) is 9.72. The molecule has 110 valence electrons. The summed E-state index contributed by atoms with van der Waals surface area (Å²) in [5.41, 5.74) is 0.873. The maximum atomic E-state index is 10.3. The van der Waals surface area contributed by atoms with Crippen LogP contribution >= 0.6 is 0 Å². The van der Waals surface area contributed by atoms with Crippen molar-refractivity contribution in [1.82, 2.24) is 0 Å². The van der Waals surface area contributed by atoms with Gasteiger partial charge in [0.2, 0.25) is 0 Å². The van der Waals surface area contributed by atoms with E-state index in [0.29, 0.717) is 25.6 Å². The second-order valence-electron chi connectivity index (χ2n) is 5.82. The van der Waals surface area contributed by atoms with E-state index >= 15 is 0 Å². The molecule has 4 nitrogen and oxygen atoms in total. The van der Waals surface area contributed by atoms with E-state index in [0.717, 1.165) is 36.5 Å². The van der Waals surface area contributed by atoms with Crippen LogP contribution in [0.25, 0.3) is 0 Å². The normalized spacial score (nSPS) is 27.1. The highest BCUT2D eigenvalue weighted by Crippen LogP contribution is 2.34. The summed E-state index contributed by atoms with van der Waals surface area (Å²) in [5.74, 6) is 1.88. The van der Waals surface area contributed by atoms with Crippen LogP contribution < -0.4 is 9.47 Å². The number of fused-ring (bicyclic) bond motifs is 1. The second-order valence-corrected chi connectivity index (χ2v) is 5.82. The number of ether oxygens (including phenoxy) is 3. The maximum Gasteiger partial charge on any atom is 0.161 e. The Morgan fingerprint density at radius 3 is 2.80 bits per heavy atom. The van der Waals surface area contributed by atoms with Crippen LogP contribution in [0, 0.1) is 5.92 Å². The Morgan fingerprint density at radius 2 is 2.05 bits per heavy atom. The summed E-state index contributed by atoms with van der Waals surface area (Å²) in [4.78, 5) is 0. The van der Waals surface area contributed by atoms with Crippen molar-refractivity contribution in [1.29, 1.82) is 0 Å². The molecule has 0 amide bonds. The Kier molecular flexibility index (Phi) is 4.13. The third-order valence-corrected chi connectivity index (χ3v) is 3.91. The molecule has 0 radical (unpaired) electrons. The number of aliphatic hydroxyl groups is 1. The van der Waals surface area contributed by atoms with Crippen molar-refractivity contribution in [3.63, 3.8) is 0 Å². The molecule has 0 aromatic heterocycles. The highest BCUT2D eigenvalue weighted by Gasteiger charge is 2.22. The lowest BCUT2D eigenvalue weighted by Crippen LogP contribution is -2.12. The van der Waals surface area contributed by atoms with Gasteiger partial charge in [0.25, 0.3) is 0 Å². The third-order valence-electron chi connectivity index (χ3n) is 3.91. The molecule has 3 rings (SSSR count). The topological polar surface area (TPSA) is 47.9 Å². The molecule has 1 N–H and O–H groups in total. The Bertz CT molecular complexity index is 454. The molecular weight excluding hydrogens is 256 g/mol. The molecule has 1 saturated heterocycles. The number of aliphatic hydroxyl groups excluding tert-OH is 1. The van der Waals surface area contributed by atoms with E-state index in [4.69, 9.17) is 14.2 Å². The Labute approximate surface area is 119 Å². The molecule has 4 heteroatoms. The second kappa shape index (κ2) is 6.02. The van der Waals surface area contributed by atoms with E-state index < -0.39 is 6.10 Å². The zero-order valence-corrected chi connectivity index (χ0v) is 11.9. The summed E-state index contributed by atoms with van der Waals surface area (Å²) in [5, 5.41) is 10.3. The van der Waals surface area contributed by atoms with Crippen LogP contribution in [0.5, 0.6) is 11.5 Å². The fourth-order valence-electron chi connectivity index (χ4n) is 2.69. The van der Waals surface area contributed by atoms with Crippen LogP contribution in [0.15, 0.2) is 18.2 Å². The van der Waals surface area contributed by atoms with Gasteiger partial charge in [0.1, 0.15) is 0 Å². The van der Waals surface area contributed by atoms with E-state index in [1.807, 2.05) is 18.2 Å². The molecule has 1 aromatic rings. The van der Waals surface area contributed by atoms with E-state index in [-0.39, 0.29) is 6.10 Å². The minimum absolute atomic E-state index is 0.181. The molecule has 3 unspecified atom stereocenters. The standard InChI is InChI=1S/C16H22O4/c1-11-9-19-15-5-4-12(7-16(15)20-10-11)14(17)8-13-3-2-6-18-13/h4-5,7,11,13-14,17H,2-3,6,8-10H2,1H3. The van der Waals surface area contributed by atoms with Gasteiger partial charge in [0.05, 0.1) is 25.4 Å². The van der Waals surface area contributed by atoms with Crippen molar-refractivity contribution in [3.8, 4) is 11.5 Å². The molecule has 0 saturated carbocycles. The summed E-state index contributed by atoms with van der Waals surface area (Å²) >= 11 is 0. The van der Waals surface area contributed by atoms with Crippen molar-refractivity contribution in [2.45, 2.75) is 38.4 Å². The maximum absolute atomic E-state index is 10.3. The van der Waals surface area contributed by atoms with Crippen molar-refractivity contribution >= 4 is 0 Å². The molecule has 20 heavy (non-hydrogen) atoms. The molecule has 0 bridgehead atoms. The van der Waals surface area contributed by atoms with Crippen LogP contribution in [0.3, 0.4) is 0 Å². The average molecular weight is 278 g/mol. The Morgan fingerprint density at radius 1 is 1.25 bits per heavy atom. The molecule has 1 aromatic carbocycles. The van der Waals surface area contributed by atoms with Gasteiger partial charge in [-0.15, -0.1) is 0 Å². The first kappa shape index (κ1) is 13.7. The van der Waals surface area contributed by atoms with Gasteiger partial charge in [-0.2, -0.15) is 0 Å². The van der Waals surface area contributed by atoms with Gasteiger partial charge in [-0.25, -0.2) is 0 Å². The van der Waals surface area contributed by atoms with Crippen LogP contribution in [-0.4, -0.2) is 31.0 Å². The van der Waals surface area contributed by atoms with Crippen LogP contribution in [0.4, 0.5) is 0 Å². The third kappa shape index (κ3) is 3.07. The number of rotatable bonds is 3. The lowest BCUT2D eigenvalue weighted by Gasteiger charge is -2.17. The van der Waals surface area contributed by atoms with Gasteiger partial charge in [0, 0.05) is 18.9 Å². The number of benzene rings is 1. The fourth-order valence-corrected chi connectivity index (χ4v) is 2.69. The molecule has 0 spiro atoms. The Hall–Kier alpha value is -1.26. The van der Waals surface area contributed by atoms with Gasteiger partial charge in [-0.1, -0.05) is 13.0 Å². The van der Waals surface area contributed by atoms with E-state index in [2.05, 4.69) is 6.92 Å². The van der Waals surface area contributed by atoms with Crippen molar-refractivity contribution in [3.05, 3.63) is 23.8 Å². The summed E-state index contributed by atoms with van der Waals surface area (Å²) in [7, 11) is 0. The smallest absolute Gasteiger partial charge is 0.161 e. The molecule has 2 aliphatic heterocycles. The zero-order valence-electron chi connectivity index (χ0n) is 11.9. The summed E-state index contributed by atoms with van der Waals surface area (Å²) in [6.07, 6.45) is 2.46. The van der Waals surface area contributed by atoms with E-state index in [1.54, 1.807) is 0 Å². The minimum atomic E-state index is -0.507. The molecule has 3 atom stereocenters. The molecule has 1 fully saturated rings. The van der Waals surface area contributed by atoms with Crippen molar-refractivity contribution in [2.24, 2.45) is 5.92 Å². The van der Waals surface area contributed by atoms with Gasteiger partial charge in [-0.05, 0) is 30.5 Å². The Balaban J connectivity index is 1.71. The van der Waals surface area contributed by atoms with Gasteiger partial charge in [0.15, 0.2) is 11.5 Å². The van der Waals surface area contributed by atoms with E-state index in [1.165, 1.54) is 0 Å². The number of hydrogen-bond acceptors (Lipinski definition) is 4. The summed E-state index contributed by atoms with van der Waals surface area (Å²) in [6, 6.07) is 5.70. The van der Waals surface area contributed by atoms with E-state index in [9.17, 15) is 5.11 Å².